The van der Waals surface area contributed by atoms with Crippen molar-refractivity contribution in [2.75, 3.05) is 19.7 Å². The summed E-state index contributed by atoms with van der Waals surface area (Å²) in [6.45, 7) is 3.11. The molecule has 0 saturated carbocycles. The van der Waals surface area contributed by atoms with E-state index in [0.717, 1.165) is 6.07 Å². The molecular formula is C13H17FN2O4. The maximum Gasteiger partial charge on any atom is 0.305 e. The van der Waals surface area contributed by atoms with Crippen molar-refractivity contribution in [2.24, 2.45) is 0 Å². The molecule has 1 fully saturated rings. The van der Waals surface area contributed by atoms with Crippen LogP contribution < -0.4 is 0 Å². The molecule has 1 saturated heterocycles. The van der Waals surface area contributed by atoms with E-state index in [4.69, 9.17) is 9.84 Å². The number of nitrogens with zero attached hydrogens (tertiary/aromatic N) is 2. The summed E-state index contributed by atoms with van der Waals surface area (Å²) in [6.07, 6.45) is -0.372. The topological polar surface area (TPSA) is 75.8 Å². The zero-order chi connectivity index (χ0) is 14.7. The van der Waals surface area contributed by atoms with E-state index in [1.54, 1.807) is 0 Å². The lowest BCUT2D eigenvalue weighted by Gasteiger charge is -2.36. The van der Waals surface area contributed by atoms with E-state index >= 15 is 0 Å². The van der Waals surface area contributed by atoms with Gasteiger partial charge in [-0.1, -0.05) is 12.1 Å². The van der Waals surface area contributed by atoms with Gasteiger partial charge in [0.1, 0.15) is 0 Å². The number of ether oxygens (including phenoxy) is 1. The van der Waals surface area contributed by atoms with Crippen molar-refractivity contribution in [2.45, 2.75) is 25.7 Å². The molecule has 6 nitrogen and oxygen atoms in total. The van der Waals surface area contributed by atoms with Crippen LogP contribution >= 0.6 is 0 Å². The average Bonchev–Trinajstić information content (AvgIpc) is 2.40. The van der Waals surface area contributed by atoms with Gasteiger partial charge in [0.25, 0.3) is 0 Å². The molecule has 0 bridgehead atoms. The van der Waals surface area contributed by atoms with Gasteiger partial charge in [0, 0.05) is 31.3 Å². The van der Waals surface area contributed by atoms with Gasteiger partial charge < -0.3 is 9.84 Å². The smallest absolute Gasteiger partial charge is 0.305 e. The fourth-order valence-corrected chi connectivity index (χ4v) is 2.44. The molecule has 2 rings (SSSR count). The molecule has 1 heterocycles. The highest BCUT2D eigenvalue weighted by atomic mass is 19.1. The second kappa shape index (κ2) is 6.25. The highest BCUT2D eigenvalue weighted by molar-refractivity contribution is 5.36. The average molecular weight is 284 g/mol. The molecule has 1 N–H and O–H groups in total. The van der Waals surface area contributed by atoms with Crippen LogP contribution in [0.15, 0.2) is 18.2 Å². The molecule has 0 aromatic heterocycles. The highest BCUT2D eigenvalue weighted by Gasteiger charge is 2.26. The maximum absolute atomic E-state index is 14.0. The molecule has 1 aliphatic heterocycles. The Kier molecular flexibility index (Phi) is 4.64. The summed E-state index contributed by atoms with van der Waals surface area (Å²) in [6, 6.07) is 4.16. The minimum Gasteiger partial charge on any atom is -0.394 e. The van der Waals surface area contributed by atoms with Crippen LogP contribution in [0.1, 0.15) is 12.5 Å². The predicted molar refractivity (Wildman–Crippen MR) is 69.8 cm³/mol. The van der Waals surface area contributed by atoms with Crippen LogP contribution in [-0.2, 0) is 11.3 Å². The third-order valence-corrected chi connectivity index (χ3v) is 3.25. The van der Waals surface area contributed by atoms with Gasteiger partial charge >= 0.3 is 5.69 Å². The Morgan fingerprint density at radius 1 is 1.55 bits per heavy atom. The van der Waals surface area contributed by atoms with Crippen LogP contribution in [0.2, 0.25) is 0 Å². The van der Waals surface area contributed by atoms with E-state index in [1.807, 2.05) is 11.8 Å². The van der Waals surface area contributed by atoms with Crippen molar-refractivity contribution in [1.29, 1.82) is 0 Å². The third-order valence-electron chi connectivity index (χ3n) is 3.25. The molecule has 2 unspecified atom stereocenters. The van der Waals surface area contributed by atoms with Gasteiger partial charge in [-0.15, -0.1) is 0 Å². The van der Waals surface area contributed by atoms with Crippen LogP contribution in [0, 0.1) is 15.9 Å². The standard InChI is InChI=1S/C13H17FN2O4/c1-9-5-15(7-11(8-17)20-9)6-10-3-2-4-12(13(10)14)16(18)19/h2-4,9,11,17H,5-8H2,1H3. The van der Waals surface area contributed by atoms with Crippen molar-refractivity contribution >= 4 is 5.69 Å². The largest absolute Gasteiger partial charge is 0.394 e. The molecule has 0 amide bonds. The summed E-state index contributed by atoms with van der Waals surface area (Å²) in [5.41, 5.74) is -0.229. The van der Waals surface area contributed by atoms with E-state index in [-0.39, 0.29) is 30.9 Å². The lowest BCUT2D eigenvalue weighted by Crippen LogP contribution is -2.47. The summed E-state index contributed by atoms with van der Waals surface area (Å²) in [5, 5.41) is 19.9. The Morgan fingerprint density at radius 2 is 2.30 bits per heavy atom. The highest BCUT2D eigenvalue weighted by Crippen LogP contribution is 2.22. The second-order valence-corrected chi connectivity index (χ2v) is 4.95. The third kappa shape index (κ3) is 3.30. The quantitative estimate of drug-likeness (QED) is 0.666. The van der Waals surface area contributed by atoms with Crippen molar-refractivity contribution in [1.82, 2.24) is 4.90 Å². The molecule has 20 heavy (non-hydrogen) atoms. The maximum atomic E-state index is 14.0. The van der Waals surface area contributed by atoms with Gasteiger partial charge in [-0.3, -0.25) is 15.0 Å². The van der Waals surface area contributed by atoms with Gasteiger partial charge in [0.2, 0.25) is 5.82 Å². The molecule has 110 valence electrons. The Morgan fingerprint density at radius 3 is 2.95 bits per heavy atom. The summed E-state index contributed by atoms with van der Waals surface area (Å²) in [7, 11) is 0. The molecule has 0 aliphatic carbocycles. The number of morpholine rings is 1. The lowest BCUT2D eigenvalue weighted by molar-refractivity contribution is -0.387. The van der Waals surface area contributed by atoms with Crippen molar-refractivity contribution in [3.05, 3.63) is 39.7 Å². The zero-order valence-electron chi connectivity index (χ0n) is 11.2. The summed E-state index contributed by atoms with van der Waals surface area (Å²) >= 11 is 0. The molecule has 7 heteroatoms. The number of aliphatic hydroxyl groups is 1. The number of rotatable bonds is 4. The Labute approximate surface area is 115 Å². The predicted octanol–water partition coefficient (Wildman–Crippen LogP) is 1.32. The van der Waals surface area contributed by atoms with E-state index in [1.165, 1.54) is 12.1 Å². The van der Waals surface area contributed by atoms with E-state index in [9.17, 15) is 14.5 Å². The monoisotopic (exact) mass is 284 g/mol. The second-order valence-electron chi connectivity index (χ2n) is 4.95. The number of hydrogen-bond donors (Lipinski definition) is 1. The number of hydrogen-bond acceptors (Lipinski definition) is 5. The fourth-order valence-electron chi connectivity index (χ4n) is 2.44. The fraction of sp³-hybridized carbons (Fsp3) is 0.538. The number of aliphatic hydroxyl groups excluding tert-OH is 1. The summed E-state index contributed by atoms with van der Waals surface area (Å²) in [5.74, 6) is -0.794. The first kappa shape index (κ1) is 14.8. The van der Waals surface area contributed by atoms with Gasteiger partial charge in [-0.25, -0.2) is 0 Å². The first-order valence-corrected chi connectivity index (χ1v) is 6.41. The van der Waals surface area contributed by atoms with Gasteiger partial charge in [0.05, 0.1) is 23.7 Å². The molecule has 1 aromatic rings. The van der Waals surface area contributed by atoms with Gasteiger partial charge in [-0.2, -0.15) is 4.39 Å². The van der Waals surface area contributed by atoms with Crippen LogP contribution in [-0.4, -0.2) is 46.8 Å². The van der Waals surface area contributed by atoms with Crippen LogP contribution in [0.4, 0.5) is 10.1 Å². The van der Waals surface area contributed by atoms with E-state index < -0.39 is 16.4 Å². The van der Waals surface area contributed by atoms with Crippen LogP contribution in [0.25, 0.3) is 0 Å². The van der Waals surface area contributed by atoms with Gasteiger partial charge in [-0.05, 0) is 6.92 Å². The lowest BCUT2D eigenvalue weighted by atomic mass is 10.1. The van der Waals surface area contributed by atoms with Gasteiger partial charge in [0.15, 0.2) is 0 Å². The number of benzene rings is 1. The normalized spacial score (nSPS) is 23.8. The Balaban J connectivity index is 2.13. The van der Waals surface area contributed by atoms with E-state index in [0.29, 0.717) is 13.1 Å². The summed E-state index contributed by atoms with van der Waals surface area (Å²) in [4.78, 5) is 11.9. The number of halogens is 1. The van der Waals surface area contributed by atoms with Crippen molar-refractivity contribution in [3.63, 3.8) is 0 Å². The van der Waals surface area contributed by atoms with E-state index in [2.05, 4.69) is 0 Å². The SMILES string of the molecule is CC1CN(Cc2cccc([N+](=O)[O-])c2F)CC(CO)O1. The molecule has 0 spiro atoms. The molecule has 2 atom stereocenters. The first-order chi connectivity index (χ1) is 9.51. The number of nitro groups is 1. The van der Waals surface area contributed by atoms with Crippen molar-refractivity contribution < 1.29 is 19.2 Å². The van der Waals surface area contributed by atoms with Crippen LogP contribution in [0.5, 0.6) is 0 Å². The molecule has 0 radical (unpaired) electrons. The Bertz CT molecular complexity index is 497. The minimum absolute atomic E-state index is 0.0670. The number of nitro benzene ring substituents is 1. The first-order valence-electron chi connectivity index (χ1n) is 6.41. The molecule has 1 aromatic carbocycles. The molecular weight excluding hydrogens is 267 g/mol. The van der Waals surface area contributed by atoms with Crippen molar-refractivity contribution in [3.8, 4) is 0 Å². The minimum atomic E-state index is -0.794. The molecule has 1 aliphatic rings. The Hall–Kier alpha value is -1.57. The summed E-state index contributed by atoms with van der Waals surface area (Å²) < 4.78 is 19.5. The van der Waals surface area contributed by atoms with Crippen LogP contribution in [0.3, 0.4) is 0 Å². The zero-order valence-corrected chi connectivity index (χ0v) is 11.2.